The van der Waals surface area contributed by atoms with E-state index >= 15 is 0 Å². The number of aryl methyl sites for hydroxylation is 1. The maximum absolute atomic E-state index is 12.6. The van der Waals surface area contributed by atoms with Gasteiger partial charge in [0, 0.05) is 11.8 Å². The molecule has 3 aromatic rings. The van der Waals surface area contributed by atoms with E-state index in [2.05, 4.69) is 10.1 Å². The van der Waals surface area contributed by atoms with Crippen molar-refractivity contribution in [2.75, 3.05) is 0 Å². The van der Waals surface area contributed by atoms with Gasteiger partial charge in [0.25, 0.3) is 11.8 Å². The van der Waals surface area contributed by atoms with Crippen molar-refractivity contribution in [3.8, 4) is 11.4 Å². The highest BCUT2D eigenvalue weighted by Gasteiger charge is 2.36. The van der Waals surface area contributed by atoms with Gasteiger partial charge in [0.1, 0.15) is 11.5 Å². The van der Waals surface area contributed by atoms with E-state index < -0.39 is 0 Å². The number of fused-ring (bicyclic) bond motifs is 1. The lowest BCUT2D eigenvalue weighted by Crippen LogP contribution is -2.29. The van der Waals surface area contributed by atoms with E-state index in [0.717, 1.165) is 0 Å². The average Bonchev–Trinajstić information content (AvgIpc) is 3.10. The minimum absolute atomic E-state index is 0.0708. The third-order valence-electron chi connectivity index (χ3n) is 4.15. The zero-order chi connectivity index (χ0) is 17.6. The fourth-order valence-electron chi connectivity index (χ4n) is 2.84. The highest BCUT2D eigenvalue weighted by atomic mass is 35.5. The van der Waals surface area contributed by atoms with E-state index in [1.54, 1.807) is 43.3 Å². The van der Waals surface area contributed by atoms with Crippen LogP contribution >= 0.6 is 11.6 Å². The second-order valence-corrected chi connectivity index (χ2v) is 6.11. The number of aromatic nitrogens is 2. The quantitative estimate of drug-likeness (QED) is 0.673. The summed E-state index contributed by atoms with van der Waals surface area (Å²) in [4.78, 5) is 30.5. The lowest BCUT2D eigenvalue weighted by Gasteiger charge is -2.13. The molecule has 7 heteroatoms. The van der Waals surface area contributed by atoms with Gasteiger partial charge in [0.15, 0.2) is 0 Å². The van der Waals surface area contributed by atoms with Crippen LogP contribution in [0.2, 0.25) is 5.02 Å². The summed E-state index contributed by atoms with van der Waals surface area (Å²) >= 11 is 5.87. The minimum Gasteiger partial charge on any atom is -0.361 e. The topological polar surface area (TPSA) is 76.3 Å². The average molecular weight is 354 g/mol. The van der Waals surface area contributed by atoms with Gasteiger partial charge in [-0.1, -0.05) is 28.9 Å². The van der Waals surface area contributed by atoms with Crippen molar-refractivity contribution < 1.29 is 14.1 Å². The fourth-order valence-corrected chi connectivity index (χ4v) is 2.95. The molecule has 1 aliphatic rings. The monoisotopic (exact) mass is 353 g/mol. The van der Waals surface area contributed by atoms with Gasteiger partial charge in [0.05, 0.1) is 28.4 Å². The molecule has 0 aliphatic carbocycles. The molecule has 0 spiro atoms. The number of hydrogen-bond donors (Lipinski definition) is 0. The van der Waals surface area contributed by atoms with Gasteiger partial charge in [-0.05, 0) is 31.2 Å². The van der Waals surface area contributed by atoms with Crippen LogP contribution in [0, 0.1) is 6.92 Å². The fraction of sp³-hybridized carbons (Fsp3) is 0.111. The molecule has 0 saturated heterocycles. The Balaban J connectivity index is 1.71. The molecule has 1 aliphatic heterocycles. The number of rotatable bonds is 3. The number of halogens is 1. The van der Waals surface area contributed by atoms with E-state index in [-0.39, 0.29) is 18.4 Å². The molecule has 0 atom stereocenters. The van der Waals surface area contributed by atoms with Crippen molar-refractivity contribution in [3.63, 3.8) is 0 Å². The molecule has 0 fully saturated rings. The first-order chi connectivity index (χ1) is 12.1. The van der Waals surface area contributed by atoms with Gasteiger partial charge in [-0.25, -0.2) is 0 Å². The lowest BCUT2D eigenvalue weighted by molar-refractivity contribution is 0.0642. The first-order valence-electron chi connectivity index (χ1n) is 7.58. The van der Waals surface area contributed by atoms with Crippen molar-refractivity contribution >= 4 is 23.4 Å². The second-order valence-electron chi connectivity index (χ2n) is 5.67. The van der Waals surface area contributed by atoms with Crippen LogP contribution in [-0.2, 0) is 6.54 Å². The molecule has 4 rings (SSSR count). The van der Waals surface area contributed by atoms with E-state index in [9.17, 15) is 9.59 Å². The number of benzene rings is 1. The van der Waals surface area contributed by atoms with Crippen LogP contribution in [0.1, 0.15) is 32.0 Å². The third-order valence-corrected chi connectivity index (χ3v) is 4.37. The predicted molar refractivity (Wildman–Crippen MR) is 90.1 cm³/mol. The Labute approximate surface area is 148 Å². The van der Waals surface area contributed by atoms with Crippen molar-refractivity contribution in [1.82, 2.24) is 15.0 Å². The Morgan fingerprint density at radius 2 is 1.76 bits per heavy atom. The first kappa shape index (κ1) is 15.5. The maximum atomic E-state index is 12.6. The molecule has 25 heavy (non-hydrogen) atoms. The Morgan fingerprint density at radius 3 is 2.36 bits per heavy atom. The van der Waals surface area contributed by atoms with Gasteiger partial charge in [-0.15, -0.1) is 0 Å². The maximum Gasteiger partial charge on any atom is 0.261 e. The largest absolute Gasteiger partial charge is 0.361 e. The number of carbonyl (C=O) groups is 2. The van der Waals surface area contributed by atoms with Crippen LogP contribution in [-0.4, -0.2) is 26.9 Å². The molecule has 0 bridgehead atoms. The number of nitrogens with zero attached hydrogens (tertiary/aromatic N) is 3. The van der Waals surface area contributed by atoms with Crippen LogP contribution in [0.5, 0.6) is 0 Å². The zero-order valence-electron chi connectivity index (χ0n) is 13.2. The summed E-state index contributed by atoms with van der Waals surface area (Å²) in [5.41, 5.74) is 2.52. The summed E-state index contributed by atoms with van der Waals surface area (Å²) in [6, 6.07) is 10.2. The molecule has 124 valence electrons. The van der Waals surface area contributed by atoms with E-state index in [1.807, 2.05) is 0 Å². The number of carbonyl (C=O) groups excluding carboxylic acids is 2. The number of imide groups is 1. The number of amides is 2. The molecule has 0 unspecified atom stereocenters. The Bertz CT molecular complexity index is 960. The molecule has 6 nitrogen and oxygen atoms in total. The van der Waals surface area contributed by atoms with Gasteiger partial charge < -0.3 is 4.52 Å². The van der Waals surface area contributed by atoms with Crippen LogP contribution in [0.15, 0.2) is 47.1 Å². The standard InChI is InChI=1S/C18H12ClN3O3/c1-10-14(16(21-25-10)15-7-6-11(19)8-20-15)9-22-17(23)12-4-2-3-5-13(12)18(22)24/h2-8H,9H2,1H3. The second kappa shape index (κ2) is 5.82. The summed E-state index contributed by atoms with van der Waals surface area (Å²) in [5, 5.41) is 4.53. The summed E-state index contributed by atoms with van der Waals surface area (Å²) in [5.74, 6) is -0.115. The van der Waals surface area contributed by atoms with E-state index in [4.69, 9.17) is 16.1 Å². The molecule has 0 saturated carbocycles. The normalized spacial score (nSPS) is 13.4. The lowest BCUT2D eigenvalue weighted by atomic mass is 10.1. The highest BCUT2D eigenvalue weighted by Crippen LogP contribution is 2.29. The molecular formula is C18H12ClN3O3. The van der Waals surface area contributed by atoms with Gasteiger partial charge in [0.2, 0.25) is 0 Å². The summed E-state index contributed by atoms with van der Waals surface area (Å²) < 4.78 is 5.27. The van der Waals surface area contributed by atoms with Crippen molar-refractivity contribution in [2.45, 2.75) is 13.5 Å². The Morgan fingerprint density at radius 1 is 1.08 bits per heavy atom. The highest BCUT2D eigenvalue weighted by molar-refractivity contribution is 6.30. The van der Waals surface area contributed by atoms with E-state index in [1.165, 1.54) is 11.1 Å². The molecular weight excluding hydrogens is 342 g/mol. The molecule has 0 N–H and O–H groups in total. The minimum atomic E-state index is -0.323. The van der Waals surface area contributed by atoms with Crippen LogP contribution in [0.3, 0.4) is 0 Å². The molecule has 3 heterocycles. The Hall–Kier alpha value is -2.99. The van der Waals surface area contributed by atoms with Gasteiger partial charge in [-0.3, -0.25) is 19.5 Å². The summed E-state index contributed by atoms with van der Waals surface area (Å²) in [6.07, 6.45) is 1.51. The molecule has 1 aromatic carbocycles. The Kier molecular flexibility index (Phi) is 3.62. The summed E-state index contributed by atoms with van der Waals surface area (Å²) in [6.45, 7) is 1.81. The zero-order valence-corrected chi connectivity index (χ0v) is 13.9. The van der Waals surface area contributed by atoms with Crippen LogP contribution < -0.4 is 0 Å². The SMILES string of the molecule is Cc1onc(-c2ccc(Cl)cn2)c1CN1C(=O)c2ccccc2C1=O. The van der Waals surface area contributed by atoms with Crippen LogP contribution in [0.25, 0.3) is 11.4 Å². The number of hydrogen-bond acceptors (Lipinski definition) is 5. The van der Waals surface area contributed by atoms with Crippen molar-refractivity contribution in [3.05, 3.63) is 70.1 Å². The van der Waals surface area contributed by atoms with Crippen LogP contribution in [0.4, 0.5) is 0 Å². The van der Waals surface area contributed by atoms with Gasteiger partial charge in [-0.2, -0.15) is 0 Å². The predicted octanol–water partition coefficient (Wildman–Crippen LogP) is 3.49. The van der Waals surface area contributed by atoms with E-state index in [0.29, 0.717) is 38.9 Å². The number of pyridine rings is 1. The van der Waals surface area contributed by atoms with Gasteiger partial charge >= 0.3 is 0 Å². The smallest absolute Gasteiger partial charge is 0.261 e. The molecule has 0 radical (unpaired) electrons. The van der Waals surface area contributed by atoms with Crippen molar-refractivity contribution in [1.29, 1.82) is 0 Å². The van der Waals surface area contributed by atoms with Crippen molar-refractivity contribution in [2.24, 2.45) is 0 Å². The summed E-state index contributed by atoms with van der Waals surface area (Å²) in [7, 11) is 0. The molecule has 2 aromatic heterocycles. The first-order valence-corrected chi connectivity index (χ1v) is 7.96. The third kappa shape index (κ3) is 2.51. The molecule has 2 amide bonds.